The zero-order valence-electron chi connectivity index (χ0n) is 16.5. The standard InChI is InChI=1S/C21H19ClN2O4S2/c1-4-28-18-13(6-5-7-16(18)27-3)11-17-20(26)24(21(29)30-17)23-19(25)14-9-8-12(2)10-15(14)22/h5-11H,4H2,1-3H3,(H,23,25)/b17-11+. The van der Waals surface area contributed by atoms with Gasteiger partial charge in [0.25, 0.3) is 11.8 Å². The number of ether oxygens (including phenoxy) is 2. The van der Waals surface area contributed by atoms with Gasteiger partial charge in [-0.05, 0) is 55.9 Å². The Morgan fingerprint density at radius 2 is 2.10 bits per heavy atom. The minimum Gasteiger partial charge on any atom is -0.493 e. The lowest BCUT2D eigenvalue weighted by Gasteiger charge is -2.16. The van der Waals surface area contributed by atoms with Crippen LogP contribution in [0.3, 0.4) is 0 Å². The van der Waals surface area contributed by atoms with E-state index in [2.05, 4.69) is 5.43 Å². The molecule has 0 bridgehead atoms. The van der Waals surface area contributed by atoms with Crippen molar-refractivity contribution in [2.75, 3.05) is 13.7 Å². The van der Waals surface area contributed by atoms with Gasteiger partial charge in [-0.1, -0.05) is 41.6 Å². The molecule has 0 aromatic heterocycles. The lowest BCUT2D eigenvalue weighted by atomic mass is 10.1. The molecule has 2 aromatic rings. The maximum Gasteiger partial charge on any atom is 0.285 e. The molecule has 1 aliphatic rings. The monoisotopic (exact) mass is 462 g/mol. The third kappa shape index (κ3) is 4.61. The number of para-hydroxylation sites is 1. The van der Waals surface area contributed by atoms with Crippen molar-refractivity contribution < 1.29 is 19.1 Å². The molecule has 1 aliphatic heterocycles. The SMILES string of the molecule is CCOc1c(/C=C2/SC(=S)N(NC(=O)c3ccc(C)cc3Cl)C2=O)cccc1OC. The van der Waals surface area contributed by atoms with Gasteiger partial charge in [-0.3, -0.25) is 15.0 Å². The van der Waals surface area contributed by atoms with Crippen LogP contribution in [0.5, 0.6) is 11.5 Å². The first-order valence-corrected chi connectivity index (χ1v) is 10.6. The van der Waals surface area contributed by atoms with Gasteiger partial charge >= 0.3 is 0 Å². The van der Waals surface area contributed by atoms with E-state index >= 15 is 0 Å². The van der Waals surface area contributed by atoms with Gasteiger partial charge in [0.05, 0.1) is 29.2 Å². The molecule has 1 saturated heterocycles. The first kappa shape index (κ1) is 22.1. The van der Waals surface area contributed by atoms with E-state index in [0.717, 1.165) is 22.3 Å². The Kier molecular flexibility index (Phi) is 7.02. The number of nitrogens with one attached hydrogen (secondary N) is 1. The summed E-state index contributed by atoms with van der Waals surface area (Å²) in [6, 6.07) is 10.4. The average Bonchev–Trinajstić information content (AvgIpc) is 2.96. The van der Waals surface area contributed by atoms with Crippen LogP contribution < -0.4 is 14.9 Å². The molecule has 9 heteroatoms. The Balaban J connectivity index is 1.85. The van der Waals surface area contributed by atoms with E-state index in [9.17, 15) is 9.59 Å². The number of methoxy groups -OCH3 is 1. The summed E-state index contributed by atoms with van der Waals surface area (Å²) < 4.78 is 11.2. The predicted octanol–water partition coefficient (Wildman–Crippen LogP) is 4.60. The van der Waals surface area contributed by atoms with Crippen molar-refractivity contribution in [1.82, 2.24) is 10.4 Å². The van der Waals surface area contributed by atoms with Gasteiger partial charge in [0.1, 0.15) is 0 Å². The smallest absolute Gasteiger partial charge is 0.285 e. The number of hydrogen-bond acceptors (Lipinski definition) is 6. The van der Waals surface area contributed by atoms with Gasteiger partial charge in [0.15, 0.2) is 15.8 Å². The molecular formula is C21H19ClN2O4S2. The highest BCUT2D eigenvalue weighted by atomic mass is 35.5. The molecule has 3 rings (SSSR count). The van der Waals surface area contributed by atoms with Gasteiger partial charge in [-0.15, -0.1) is 0 Å². The van der Waals surface area contributed by atoms with Crippen LogP contribution in [0.2, 0.25) is 5.02 Å². The topological polar surface area (TPSA) is 67.9 Å². The lowest BCUT2D eigenvalue weighted by molar-refractivity contribution is -0.123. The van der Waals surface area contributed by atoms with E-state index in [-0.39, 0.29) is 9.88 Å². The van der Waals surface area contributed by atoms with Crippen LogP contribution >= 0.6 is 35.6 Å². The van der Waals surface area contributed by atoms with E-state index in [1.54, 1.807) is 43.5 Å². The molecule has 1 heterocycles. The molecule has 156 valence electrons. The van der Waals surface area contributed by atoms with Crippen LogP contribution in [0.25, 0.3) is 6.08 Å². The van der Waals surface area contributed by atoms with Crippen molar-refractivity contribution in [3.05, 3.63) is 63.0 Å². The molecule has 0 unspecified atom stereocenters. The molecule has 1 N–H and O–H groups in total. The number of thiocarbonyl (C=S) groups is 1. The molecule has 0 aliphatic carbocycles. The number of rotatable bonds is 6. The summed E-state index contributed by atoms with van der Waals surface area (Å²) in [5.41, 5.74) is 4.39. The van der Waals surface area contributed by atoms with Crippen LogP contribution in [0.4, 0.5) is 0 Å². The molecule has 0 spiro atoms. The molecule has 1 fully saturated rings. The normalized spacial score (nSPS) is 14.9. The van der Waals surface area contributed by atoms with E-state index in [4.69, 9.17) is 33.3 Å². The molecule has 30 heavy (non-hydrogen) atoms. The number of hydrazine groups is 1. The van der Waals surface area contributed by atoms with E-state index in [0.29, 0.717) is 33.6 Å². The lowest BCUT2D eigenvalue weighted by Crippen LogP contribution is -2.44. The summed E-state index contributed by atoms with van der Waals surface area (Å²) in [7, 11) is 1.55. The highest BCUT2D eigenvalue weighted by Gasteiger charge is 2.34. The van der Waals surface area contributed by atoms with Gasteiger partial charge in [-0.2, -0.15) is 5.01 Å². The van der Waals surface area contributed by atoms with Crippen LogP contribution in [-0.2, 0) is 4.79 Å². The predicted molar refractivity (Wildman–Crippen MR) is 123 cm³/mol. The number of aryl methyl sites for hydroxylation is 1. The quantitative estimate of drug-likeness (QED) is 0.499. The Morgan fingerprint density at radius 3 is 2.77 bits per heavy atom. The maximum atomic E-state index is 12.9. The van der Waals surface area contributed by atoms with E-state index in [1.807, 2.05) is 19.9 Å². The fourth-order valence-corrected chi connectivity index (χ4v) is 4.27. The first-order chi connectivity index (χ1) is 14.3. The average molecular weight is 463 g/mol. The van der Waals surface area contributed by atoms with Crippen molar-refractivity contribution in [2.24, 2.45) is 0 Å². The largest absolute Gasteiger partial charge is 0.493 e. The van der Waals surface area contributed by atoms with Gasteiger partial charge in [0.2, 0.25) is 0 Å². The molecular weight excluding hydrogens is 444 g/mol. The van der Waals surface area contributed by atoms with Crippen molar-refractivity contribution in [3.63, 3.8) is 0 Å². The van der Waals surface area contributed by atoms with Gasteiger partial charge in [0, 0.05) is 5.56 Å². The van der Waals surface area contributed by atoms with Crippen molar-refractivity contribution in [3.8, 4) is 11.5 Å². The number of carbonyl (C=O) groups excluding carboxylic acids is 2. The van der Waals surface area contributed by atoms with Crippen LogP contribution in [-0.4, -0.2) is 34.9 Å². The zero-order valence-corrected chi connectivity index (χ0v) is 18.9. The first-order valence-electron chi connectivity index (χ1n) is 9.00. The molecule has 0 saturated carbocycles. The van der Waals surface area contributed by atoms with Gasteiger partial charge in [-0.25, -0.2) is 0 Å². The number of benzene rings is 2. The van der Waals surface area contributed by atoms with Crippen molar-refractivity contribution >= 4 is 57.8 Å². The third-order valence-electron chi connectivity index (χ3n) is 4.18. The summed E-state index contributed by atoms with van der Waals surface area (Å²) in [5, 5.41) is 1.34. The Labute approximate surface area is 189 Å². The number of nitrogens with zero attached hydrogens (tertiary/aromatic N) is 1. The summed E-state index contributed by atoms with van der Waals surface area (Å²) in [4.78, 5) is 25.8. The number of amides is 2. The molecule has 0 atom stereocenters. The van der Waals surface area contributed by atoms with Crippen LogP contribution in [0.15, 0.2) is 41.3 Å². The second-order valence-electron chi connectivity index (χ2n) is 6.25. The number of halogens is 1. The summed E-state index contributed by atoms with van der Waals surface area (Å²) in [6.07, 6.45) is 1.66. The fraction of sp³-hybridized carbons (Fsp3) is 0.190. The Bertz CT molecular complexity index is 1060. The maximum absolute atomic E-state index is 12.9. The number of hydrogen-bond donors (Lipinski definition) is 1. The minimum atomic E-state index is -0.520. The molecule has 0 radical (unpaired) electrons. The third-order valence-corrected chi connectivity index (χ3v) is 5.80. The molecule has 2 aromatic carbocycles. The van der Waals surface area contributed by atoms with E-state index < -0.39 is 11.8 Å². The highest BCUT2D eigenvalue weighted by molar-refractivity contribution is 8.26. The number of thioether (sulfide) groups is 1. The van der Waals surface area contributed by atoms with Gasteiger partial charge < -0.3 is 9.47 Å². The fourth-order valence-electron chi connectivity index (χ4n) is 2.78. The number of carbonyl (C=O) groups is 2. The zero-order chi connectivity index (χ0) is 21.8. The Hall–Kier alpha value is -2.55. The second kappa shape index (κ2) is 9.51. The van der Waals surface area contributed by atoms with Crippen molar-refractivity contribution in [1.29, 1.82) is 0 Å². The van der Waals surface area contributed by atoms with E-state index in [1.165, 1.54) is 0 Å². The second-order valence-corrected chi connectivity index (χ2v) is 8.34. The van der Waals surface area contributed by atoms with Crippen LogP contribution in [0, 0.1) is 6.92 Å². The highest BCUT2D eigenvalue weighted by Crippen LogP contribution is 2.37. The minimum absolute atomic E-state index is 0.212. The van der Waals surface area contributed by atoms with Crippen molar-refractivity contribution in [2.45, 2.75) is 13.8 Å². The summed E-state index contributed by atoms with van der Waals surface area (Å²) in [6.45, 7) is 4.17. The Morgan fingerprint density at radius 1 is 1.33 bits per heavy atom. The molecule has 2 amide bonds. The molecule has 6 nitrogen and oxygen atoms in total. The summed E-state index contributed by atoms with van der Waals surface area (Å²) in [5.74, 6) is 0.132. The van der Waals surface area contributed by atoms with Crippen LogP contribution in [0.1, 0.15) is 28.4 Å². The summed E-state index contributed by atoms with van der Waals surface area (Å²) >= 11 is 12.5.